The van der Waals surface area contributed by atoms with Gasteiger partial charge < -0.3 is 10.1 Å². The third-order valence-corrected chi connectivity index (χ3v) is 3.25. The minimum absolute atomic E-state index is 0.0667. The molecule has 11 heteroatoms. The molecule has 0 fully saturated rings. The van der Waals surface area contributed by atoms with E-state index in [1.165, 1.54) is 23.3 Å². The van der Waals surface area contributed by atoms with E-state index < -0.39 is 18.6 Å². The van der Waals surface area contributed by atoms with Gasteiger partial charge in [0.1, 0.15) is 12.1 Å². The van der Waals surface area contributed by atoms with E-state index in [1.807, 2.05) is 0 Å². The Kier molecular flexibility index (Phi) is 5.06. The number of nitrogens with one attached hydrogen (secondary N) is 1. The van der Waals surface area contributed by atoms with Gasteiger partial charge in [-0.15, -0.1) is 0 Å². The molecule has 1 unspecified atom stereocenters. The Bertz CT molecular complexity index is 888. The van der Waals surface area contributed by atoms with Gasteiger partial charge in [0, 0.05) is 18.6 Å². The molecule has 3 aromatic rings. The van der Waals surface area contributed by atoms with Crippen LogP contribution in [0.25, 0.3) is 5.95 Å². The Morgan fingerprint density at radius 1 is 1.23 bits per heavy atom. The Labute approximate surface area is 146 Å². The first kappa shape index (κ1) is 17.3. The lowest BCUT2D eigenvalue weighted by Gasteiger charge is -2.14. The average molecular weight is 361 g/mol. The number of amides is 1. The predicted octanol–water partition coefficient (Wildman–Crippen LogP) is 1.54. The summed E-state index contributed by atoms with van der Waals surface area (Å²) < 4.78 is 30.2. The van der Waals surface area contributed by atoms with E-state index in [2.05, 4.69) is 35.1 Å². The van der Waals surface area contributed by atoms with E-state index in [-0.39, 0.29) is 11.3 Å². The van der Waals surface area contributed by atoms with Crippen LogP contribution in [0.5, 0.6) is 5.75 Å². The van der Waals surface area contributed by atoms with Crippen LogP contribution < -0.4 is 10.1 Å². The Morgan fingerprint density at radius 2 is 2.00 bits per heavy atom. The van der Waals surface area contributed by atoms with Crippen molar-refractivity contribution in [3.63, 3.8) is 0 Å². The number of ether oxygens (including phenoxy) is 1. The second-order valence-corrected chi connectivity index (χ2v) is 5.06. The quantitative estimate of drug-likeness (QED) is 0.709. The summed E-state index contributed by atoms with van der Waals surface area (Å²) in [6.07, 6.45) is 6.75. The first-order chi connectivity index (χ1) is 12.5. The highest BCUT2D eigenvalue weighted by Gasteiger charge is 2.19. The first-order valence-electron chi connectivity index (χ1n) is 7.42. The number of halogens is 2. The van der Waals surface area contributed by atoms with Crippen LogP contribution in [0.1, 0.15) is 29.1 Å². The van der Waals surface area contributed by atoms with Crippen LogP contribution in [0.3, 0.4) is 0 Å². The highest BCUT2D eigenvalue weighted by molar-refractivity contribution is 5.94. The van der Waals surface area contributed by atoms with Crippen LogP contribution in [0.4, 0.5) is 8.78 Å². The van der Waals surface area contributed by atoms with Crippen LogP contribution in [-0.2, 0) is 0 Å². The molecule has 9 nitrogen and oxygen atoms in total. The van der Waals surface area contributed by atoms with Crippen molar-refractivity contribution in [1.82, 2.24) is 35.0 Å². The molecule has 0 aliphatic carbocycles. The van der Waals surface area contributed by atoms with E-state index in [4.69, 9.17) is 0 Å². The molecule has 0 aliphatic rings. The Morgan fingerprint density at radius 3 is 2.73 bits per heavy atom. The molecule has 0 saturated heterocycles. The number of pyridine rings is 1. The van der Waals surface area contributed by atoms with Crippen LogP contribution in [0.15, 0.2) is 43.2 Å². The largest absolute Gasteiger partial charge is 0.433 e. The fourth-order valence-corrected chi connectivity index (χ4v) is 2.16. The van der Waals surface area contributed by atoms with Crippen LogP contribution in [-0.4, -0.2) is 42.2 Å². The number of carbonyl (C=O) groups excluding carboxylic acids is 1. The van der Waals surface area contributed by atoms with E-state index in [9.17, 15) is 13.6 Å². The maximum absolute atomic E-state index is 12.4. The zero-order valence-corrected chi connectivity index (χ0v) is 13.5. The highest BCUT2D eigenvalue weighted by Crippen LogP contribution is 2.16. The van der Waals surface area contributed by atoms with Gasteiger partial charge in [-0.1, -0.05) is 0 Å². The van der Waals surface area contributed by atoms with Gasteiger partial charge in [-0.05, 0) is 19.1 Å². The van der Waals surface area contributed by atoms with Crippen molar-refractivity contribution in [3.05, 3.63) is 54.6 Å². The molecule has 1 atom stereocenters. The second kappa shape index (κ2) is 7.59. The smallest absolute Gasteiger partial charge is 0.387 e. The van der Waals surface area contributed by atoms with Gasteiger partial charge in [0.25, 0.3) is 11.9 Å². The average Bonchev–Trinajstić information content (AvgIpc) is 3.12. The molecular formula is C15H13F2N7O2. The molecule has 3 rings (SSSR count). The topological polar surface area (TPSA) is 108 Å². The van der Waals surface area contributed by atoms with Crippen LogP contribution in [0, 0.1) is 0 Å². The third kappa shape index (κ3) is 3.94. The van der Waals surface area contributed by atoms with E-state index >= 15 is 0 Å². The Balaban J connectivity index is 1.76. The highest BCUT2D eigenvalue weighted by atomic mass is 19.3. The summed E-state index contributed by atoms with van der Waals surface area (Å²) in [6, 6.07) is 2.27. The molecule has 134 valence electrons. The molecule has 0 bridgehead atoms. The summed E-state index contributed by atoms with van der Waals surface area (Å²) in [6.45, 7) is -1.31. The molecule has 1 amide bonds. The number of rotatable bonds is 6. The van der Waals surface area contributed by atoms with Crippen molar-refractivity contribution in [2.24, 2.45) is 0 Å². The first-order valence-corrected chi connectivity index (χ1v) is 7.42. The van der Waals surface area contributed by atoms with Gasteiger partial charge in [0.2, 0.25) is 0 Å². The van der Waals surface area contributed by atoms with Crippen molar-refractivity contribution in [2.75, 3.05) is 0 Å². The molecule has 0 radical (unpaired) electrons. The van der Waals surface area contributed by atoms with E-state index in [0.717, 1.165) is 6.20 Å². The minimum Gasteiger partial charge on any atom is -0.433 e. The lowest BCUT2D eigenvalue weighted by molar-refractivity contribution is -0.0501. The molecule has 0 aliphatic heterocycles. The lowest BCUT2D eigenvalue weighted by atomic mass is 10.2. The number of nitrogens with zero attached hydrogens (tertiary/aromatic N) is 6. The second-order valence-electron chi connectivity index (χ2n) is 5.06. The van der Waals surface area contributed by atoms with Crippen molar-refractivity contribution in [2.45, 2.75) is 19.6 Å². The summed E-state index contributed by atoms with van der Waals surface area (Å²) in [5, 5.41) is 6.74. The van der Waals surface area contributed by atoms with Gasteiger partial charge in [-0.3, -0.25) is 9.78 Å². The standard InChI is InChI=1S/C15H13F2N7O2/c1-9(12-21-8-22-24(12)15-19-3-2-4-20-15)23-13(25)10-5-11(7-18-6-10)26-14(16)17/h2-9,14H,1H3,(H,23,25). The van der Waals surface area contributed by atoms with Gasteiger partial charge in [0.15, 0.2) is 5.82 Å². The fraction of sp³-hybridized carbons (Fsp3) is 0.200. The number of carbonyl (C=O) groups is 1. The zero-order chi connectivity index (χ0) is 18.5. The van der Waals surface area contributed by atoms with E-state index in [0.29, 0.717) is 11.8 Å². The third-order valence-electron chi connectivity index (χ3n) is 3.25. The summed E-state index contributed by atoms with van der Waals surface area (Å²) in [4.78, 5) is 28.3. The van der Waals surface area contributed by atoms with Crippen LogP contribution in [0.2, 0.25) is 0 Å². The van der Waals surface area contributed by atoms with Crippen molar-refractivity contribution in [3.8, 4) is 11.7 Å². The molecular weight excluding hydrogens is 348 g/mol. The van der Waals surface area contributed by atoms with Gasteiger partial charge in [0.05, 0.1) is 17.8 Å². The minimum atomic E-state index is -3.00. The SMILES string of the molecule is CC(NC(=O)c1cncc(OC(F)F)c1)c1ncnn1-c1ncccn1. The number of hydrogen-bond acceptors (Lipinski definition) is 7. The fourth-order valence-electron chi connectivity index (χ4n) is 2.16. The molecule has 3 aromatic heterocycles. The molecule has 26 heavy (non-hydrogen) atoms. The van der Waals surface area contributed by atoms with Crippen molar-refractivity contribution in [1.29, 1.82) is 0 Å². The van der Waals surface area contributed by atoms with Crippen LogP contribution >= 0.6 is 0 Å². The molecule has 0 saturated carbocycles. The molecule has 3 heterocycles. The zero-order valence-electron chi connectivity index (χ0n) is 13.5. The van der Waals surface area contributed by atoms with Gasteiger partial charge >= 0.3 is 6.61 Å². The summed E-state index contributed by atoms with van der Waals surface area (Å²) in [5.74, 6) is -0.0398. The summed E-state index contributed by atoms with van der Waals surface area (Å²) >= 11 is 0. The predicted molar refractivity (Wildman–Crippen MR) is 83.7 cm³/mol. The van der Waals surface area contributed by atoms with E-state index in [1.54, 1.807) is 25.4 Å². The maximum Gasteiger partial charge on any atom is 0.387 e. The molecule has 0 aromatic carbocycles. The normalized spacial score (nSPS) is 12.0. The van der Waals surface area contributed by atoms with Gasteiger partial charge in [-0.25, -0.2) is 15.0 Å². The number of aromatic nitrogens is 6. The molecule has 1 N–H and O–H groups in total. The summed E-state index contributed by atoms with van der Waals surface area (Å²) in [7, 11) is 0. The molecule has 0 spiro atoms. The van der Waals surface area contributed by atoms with Crippen molar-refractivity contribution < 1.29 is 18.3 Å². The lowest BCUT2D eigenvalue weighted by Crippen LogP contribution is -2.29. The van der Waals surface area contributed by atoms with Crippen molar-refractivity contribution >= 4 is 5.91 Å². The number of hydrogen-bond donors (Lipinski definition) is 1. The summed E-state index contributed by atoms with van der Waals surface area (Å²) in [5.41, 5.74) is 0.0667. The Hall–Kier alpha value is -3.50. The number of alkyl halides is 2. The maximum atomic E-state index is 12.4. The van der Waals surface area contributed by atoms with Gasteiger partial charge in [-0.2, -0.15) is 18.6 Å². The monoisotopic (exact) mass is 361 g/mol.